The second kappa shape index (κ2) is 4.26. The number of rotatable bonds is 0. The molecule has 0 fully saturated rings. The van der Waals surface area contributed by atoms with Gasteiger partial charge in [0.05, 0.1) is 0 Å². The van der Waals surface area contributed by atoms with Crippen LogP contribution < -0.4 is 5.56 Å². The monoisotopic (exact) mass is 172 g/mol. The maximum absolute atomic E-state index is 11.2. The molecule has 1 heterocycles. The minimum atomic E-state index is 0. The minimum absolute atomic E-state index is 0. The first kappa shape index (κ1) is 10.0. The third-order valence-corrected chi connectivity index (χ3v) is 2.28. The fourth-order valence-electron chi connectivity index (χ4n) is 1.68. The zero-order valence-corrected chi connectivity index (χ0v) is 9.39. The van der Waals surface area contributed by atoms with Crippen LogP contribution in [0.3, 0.4) is 0 Å². The van der Waals surface area contributed by atoms with E-state index in [0.29, 0.717) is 0 Å². The van der Waals surface area contributed by atoms with Crippen molar-refractivity contribution in [3.8, 4) is 0 Å². The quantitative estimate of drug-likeness (QED) is 0.579. The van der Waals surface area contributed by atoms with Crippen LogP contribution >= 0.6 is 0 Å². The van der Waals surface area contributed by atoms with Crippen LogP contribution in [0.4, 0.5) is 0 Å². The maximum atomic E-state index is 11.2. The predicted molar refractivity (Wildman–Crippen MR) is 49.5 cm³/mol. The Hall–Kier alpha value is -0.0500. The molecule has 1 aromatic heterocycles. The number of aromatic amines is 1. The number of aromatic nitrogens is 1. The van der Waals surface area contributed by atoms with Gasteiger partial charge in [-0.25, -0.2) is 0 Å². The van der Waals surface area contributed by atoms with Crippen LogP contribution in [0.2, 0.25) is 0 Å². The molecule has 0 amide bonds. The molecule has 0 spiro atoms. The van der Waals surface area contributed by atoms with Gasteiger partial charge in [0.25, 0.3) is 5.56 Å². The van der Waals surface area contributed by atoms with Gasteiger partial charge in [-0.15, -0.1) is 0 Å². The van der Waals surface area contributed by atoms with Gasteiger partial charge in [-0.1, -0.05) is 0 Å². The van der Waals surface area contributed by atoms with E-state index in [-0.39, 0.29) is 35.1 Å². The van der Waals surface area contributed by atoms with Crippen LogP contribution in [-0.2, 0) is 12.8 Å². The predicted octanol–water partition coefficient (Wildman–Crippen LogP) is 0.873. The Morgan fingerprint density at radius 2 is 2.00 bits per heavy atom. The summed E-state index contributed by atoms with van der Waals surface area (Å²) in [5, 5.41) is 0. The van der Waals surface area contributed by atoms with E-state index in [2.05, 4.69) is 4.98 Å². The van der Waals surface area contributed by atoms with Crippen LogP contribution in [-0.4, -0.2) is 34.5 Å². The topological polar surface area (TPSA) is 32.9 Å². The molecular weight excluding hydrogens is 161 g/mol. The summed E-state index contributed by atoms with van der Waals surface area (Å²) < 4.78 is 0. The number of nitrogens with one attached hydrogen (secondary N) is 1. The third-order valence-electron chi connectivity index (χ3n) is 2.28. The van der Waals surface area contributed by atoms with E-state index >= 15 is 0 Å². The molecule has 3 heteroatoms. The molecule has 0 saturated carbocycles. The molecular formula is C9H11NNaO. The summed E-state index contributed by atoms with van der Waals surface area (Å²) in [4.78, 5) is 13.9. The first-order valence-corrected chi connectivity index (χ1v) is 4.07. The molecule has 1 aliphatic carbocycles. The Kier molecular flexibility index (Phi) is 3.56. The van der Waals surface area contributed by atoms with Crippen LogP contribution in [0.1, 0.15) is 24.0 Å². The molecule has 12 heavy (non-hydrogen) atoms. The van der Waals surface area contributed by atoms with E-state index in [1.807, 2.05) is 6.07 Å². The van der Waals surface area contributed by atoms with Crippen molar-refractivity contribution in [3.63, 3.8) is 0 Å². The fourth-order valence-corrected chi connectivity index (χ4v) is 1.68. The van der Waals surface area contributed by atoms with E-state index in [0.717, 1.165) is 18.4 Å². The van der Waals surface area contributed by atoms with Crippen molar-refractivity contribution in [3.05, 3.63) is 33.7 Å². The SMILES string of the molecule is O=c1[nH]ccc2c1CCCC2.[Na]. The van der Waals surface area contributed by atoms with Crippen LogP contribution in [0.25, 0.3) is 0 Å². The summed E-state index contributed by atoms with van der Waals surface area (Å²) in [5.41, 5.74) is 2.38. The van der Waals surface area contributed by atoms with Crippen molar-refractivity contribution in [2.24, 2.45) is 0 Å². The van der Waals surface area contributed by atoms with Crippen molar-refractivity contribution >= 4 is 29.6 Å². The van der Waals surface area contributed by atoms with Crippen molar-refractivity contribution in [1.29, 1.82) is 0 Å². The zero-order chi connectivity index (χ0) is 7.68. The average molecular weight is 172 g/mol. The van der Waals surface area contributed by atoms with Crippen molar-refractivity contribution in [2.45, 2.75) is 25.7 Å². The molecule has 0 bridgehead atoms. The Morgan fingerprint density at radius 1 is 1.25 bits per heavy atom. The van der Waals surface area contributed by atoms with Crippen LogP contribution in [0.15, 0.2) is 17.1 Å². The maximum Gasteiger partial charge on any atom is 0.251 e. The number of H-pyrrole nitrogens is 1. The number of fused-ring (bicyclic) bond motifs is 1. The van der Waals surface area contributed by atoms with Gasteiger partial charge < -0.3 is 4.98 Å². The van der Waals surface area contributed by atoms with Crippen molar-refractivity contribution in [1.82, 2.24) is 4.98 Å². The molecule has 1 aliphatic rings. The van der Waals surface area contributed by atoms with Gasteiger partial charge >= 0.3 is 0 Å². The summed E-state index contributed by atoms with van der Waals surface area (Å²) in [6.45, 7) is 0. The third kappa shape index (κ3) is 1.82. The summed E-state index contributed by atoms with van der Waals surface area (Å²) in [6.07, 6.45) is 6.19. The second-order valence-electron chi connectivity index (χ2n) is 3.02. The normalized spacial score (nSPS) is 14.7. The van der Waals surface area contributed by atoms with Gasteiger partial charge in [0.1, 0.15) is 0 Å². The summed E-state index contributed by atoms with van der Waals surface area (Å²) in [6, 6.07) is 2.02. The smallest absolute Gasteiger partial charge is 0.251 e. The van der Waals surface area contributed by atoms with Gasteiger partial charge in [-0.2, -0.15) is 0 Å². The first-order chi connectivity index (χ1) is 5.38. The van der Waals surface area contributed by atoms with Gasteiger partial charge in [0.15, 0.2) is 0 Å². The number of hydrogen-bond donors (Lipinski definition) is 1. The van der Waals surface area contributed by atoms with Crippen molar-refractivity contribution < 1.29 is 0 Å². The Morgan fingerprint density at radius 3 is 2.75 bits per heavy atom. The van der Waals surface area contributed by atoms with Gasteiger partial charge in [0, 0.05) is 41.3 Å². The van der Waals surface area contributed by atoms with Crippen molar-refractivity contribution in [2.75, 3.05) is 0 Å². The van der Waals surface area contributed by atoms with E-state index in [1.54, 1.807) is 6.20 Å². The largest absolute Gasteiger partial charge is 0.329 e. The first-order valence-electron chi connectivity index (χ1n) is 4.07. The van der Waals surface area contributed by atoms with E-state index in [9.17, 15) is 4.79 Å². The molecule has 0 atom stereocenters. The standard InChI is InChI=1S/C9H11NO.Na/c11-9-8-4-2-1-3-7(8)5-6-10-9;/h5-6H,1-4H2,(H,10,11);. The Balaban J connectivity index is 0.000000720. The van der Waals surface area contributed by atoms with Crippen LogP contribution in [0.5, 0.6) is 0 Å². The number of aryl methyl sites for hydroxylation is 1. The summed E-state index contributed by atoms with van der Waals surface area (Å²) >= 11 is 0. The van der Waals surface area contributed by atoms with Crippen LogP contribution in [0, 0.1) is 0 Å². The second-order valence-corrected chi connectivity index (χ2v) is 3.02. The Bertz CT molecular complexity index is 319. The van der Waals surface area contributed by atoms with E-state index < -0.39 is 0 Å². The molecule has 0 aliphatic heterocycles. The average Bonchev–Trinajstić information content (AvgIpc) is 2.06. The minimum Gasteiger partial charge on any atom is -0.329 e. The van der Waals surface area contributed by atoms with Gasteiger partial charge in [-0.3, -0.25) is 4.79 Å². The summed E-state index contributed by atoms with van der Waals surface area (Å²) in [5.74, 6) is 0. The van der Waals surface area contributed by atoms with E-state index in [1.165, 1.54) is 18.4 Å². The van der Waals surface area contributed by atoms with Gasteiger partial charge in [0.2, 0.25) is 0 Å². The number of hydrogen-bond acceptors (Lipinski definition) is 1. The fraction of sp³-hybridized carbons (Fsp3) is 0.444. The van der Waals surface area contributed by atoms with E-state index in [4.69, 9.17) is 0 Å². The molecule has 0 saturated heterocycles. The Labute approximate surface area is 93.7 Å². The molecule has 2 nitrogen and oxygen atoms in total. The summed E-state index contributed by atoms with van der Waals surface area (Å²) in [7, 11) is 0. The molecule has 59 valence electrons. The number of pyridine rings is 1. The van der Waals surface area contributed by atoms with Gasteiger partial charge in [-0.05, 0) is 37.3 Å². The molecule has 1 N–H and O–H groups in total. The molecule has 1 aromatic rings. The molecule has 1 radical (unpaired) electrons. The zero-order valence-electron chi connectivity index (χ0n) is 7.39. The molecule has 2 rings (SSSR count). The molecule has 0 aromatic carbocycles. The molecule has 0 unspecified atom stereocenters.